The van der Waals surface area contributed by atoms with Gasteiger partial charge in [-0.15, -0.1) is 0 Å². The summed E-state index contributed by atoms with van der Waals surface area (Å²) in [4.78, 5) is 4.43. The molecular formula is C12H15N3O2. The molecule has 0 aliphatic heterocycles. The normalized spacial score (nSPS) is 18.6. The minimum absolute atomic E-state index is 0.113. The highest BCUT2D eigenvalue weighted by atomic mass is 16.5. The maximum atomic E-state index is 5.88. The molecule has 0 saturated heterocycles. The molecule has 2 N–H and O–H groups in total. The summed E-state index contributed by atoms with van der Waals surface area (Å²) in [5.41, 5.74) is 5.76. The highest BCUT2D eigenvalue weighted by Gasteiger charge is 2.39. The number of rotatable bonds is 3. The van der Waals surface area contributed by atoms with Gasteiger partial charge in [-0.1, -0.05) is 18.0 Å². The molecule has 1 saturated carbocycles. The molecule has 1 fully saturated rings. The molecule has 3 rings (SSSR count). The topological polar surface area (TPSA) is 78.1 Å². The van der Waals surface area contributed by atoms with Crippen molar-refractivity contribution in [3.63, 3.8) is 0 Å². The molecule has 5 nitrogen and oxygen atoms in total. The van der Waals surface area contributed by atoms with Crippen LogP contribution in [0.2, 0.25) is 0 Å². The largest absolute Gasteiger partial charge is 0.461 e. The van der Waals surface area contributed by atoms with Crippen LogP contribution in [0.15, 0.2) is 27.3 Å². The molecule has 0 radical (unpaired) electrons. The third kappa shape index (κ3) is 1.67. The van der Waals surface area contributed by atoms with E-state index in [1.54, 1.807) is 12.3 Å². The van der Waals surface area contributed by atoms with E-state index in [1.807, 2.05) is 6.07 Å². The number of hydrogen-bond acceptors (Lipinski definition) is 5. The van der Waals surface area contributed by atoms with Crippen molar-refractivity contribution in [2.75, 3.05) is 6.54 Å². The van der Waals surface area contributed by atoms with Gasteiger partial charge >= 0.3 is 0 Å². The summed E-state index contributed by atoms with van der Waals surface area (Å²) in [7, 11) is 0. The van der Waals surface area contributed by atoms with Crippen molar-refractivity contribution < 1.29 is 8.94 Å². The zero-order valence-electron chi connectivity index (χ0n) is 9.56. The lowest BCUT2D eigenvalue weighted by atomic mass is 9.86. The molecule has 0 amide bonds. The van der Waals surface area contributed by atoms with Gasteiger partial charge in [-0.3, -0.25) is 0 Å². The van der Waals surface area contributed by atoms with E-state index in [4.69, 9.17) is 14.7 Å². The summed E-state index contributed by atoms with van der Waals surface area (Å²) < 4.78 is 10.6. The Labute approximate surface area is 99.0 Å². The molecular weight excluding hydrogens is 218 g/mol. The van der Waals surface area contributed by atoms with E-state index >= 15 is 0 Å². The van der Waals surface area contributed by atoms with Crippen molar-refractivity contribution in [3.8, 4) is 11.6 Å². The second-order valence-electron chi connectivity index (χ2n) is 4.59. The fourth-order valence-electron chi connectivity index (χ4n) is 2.50. The Morgan fingerprint density at radius 1 is 1.35 bits per heavy atom. The first-order chi connectivity index (χ1) is 8.34. The van der Waals surface area contributed by atoms with E-state index in [2.05, 4.69) is 10.1 Å². The van der Waals surface area contributed by atoms with Gasteiger partial charge < -0.3 is 14.7 Å². The average molecular weight is 233 g/mol. The maximum Gasteiger partial charge on any atom is 0.238 e. The van der Waals surface area contributed by atoms with Gasteiger partial charge in [0.05, 0.1) is 11.7 Å². The van der Waals surface area contributed by atoms with Crippen LogP contribution in [0.5, 0.6) is 0 Å². The predicted octanol–water partition coefficient (Wildman–Crippen LogP) is 2.10. The molecule has 90 valence electrons. The van der Waals surface area contributed by atoms with E-state index in [1.165, 1.54) is 12.8 Å². The lowest BCUT2D eigenvalue weighted by Crippen LogP contribution is -2.32. The first-order valence-corrected chi connectivity index (χ1v) is 5.92. The summed E-state index contributed by atoms with van der Waals surface area (Å²) in [6.07, 6.45) is 6.01. The molecule has 2 heterocycles. The van der Waals surface area contributed by atoms with Crippen molar-refractivity contribution >= 4 is 0 Å². The molecule has 0 spiro atoms. The number of nitrogens with two attached hydrogens (primary N) is 1. The third-order valence-electron chi connectivity index (χ3n) is 3.57. The second-order valence-corrected chi connectivity index (χ2v) is 4.59. The Balaban J connectivity index is 1.94. The molecule has 1 aliphatic carbocycles. The SMILES string of the molecule is NCC1(c2nc(-c3ccco3)no2)CCCC1. The fourth-order valence-corrected chi connectivity index (χ4v) is 2.50. The maximum absolute atomic E-state index is 5.88. The standard InChI is InChI=1S/C12H15N3O2/c13-8-12(5-1-2-6-12)11-14-10(15-17-11)9-4-3-7-16-9/h3-4,7H,1-2,5-6,8,13H2. The van der Waals surface area contributed by atoms with Crippen molar-refractivity contribution in [2.45, 2.75) is 31.1 Å². The molecule has 1 aliphatic rings. The molecule has 0 unspecified atom stereocenters. The molecule has 0 atom stereocenters. The second kappa shape index (κ2) is 4.00. The molecule has 2 aromatic rings. The van der Waals surface area contributed by atoms with Crippen molar-refractivity contribution in [1.29, 1.82) is 0 Å². The van der Waals surface area contributed by atoms with Gasteiger partial charge in [-0.2, -0.15) is 4.98 Å². The Kier molecular flexibility index (Phi) is 2.48. The smallest absolute Gasteiger partial charge is 0.238 e. The molecule has 5 heteroatoms. The summed E-state index contributed by atoms with van der Waals surface area (Å²) in [5, 5.41) is 3.96. The van der Waals surface area contributed by atoms with Crippen molar-refractivity contribution in [2.24, 2.45) is 5.73 Å². The van der Waals surface area contributed by atoms with Crippen LogP contribution in [0.3, 0.4) is 0 Å². The van der Waals surface area contributed by atoms with E-state index in [-0.39, 0.29) is 5.41 Å². The van der Waals surface area contributed by atoms with E-state index in [0.29, 0.717) is 24.0 Å². The van der Waals surface area contributed by atoms with Crippen LogP contribution in [0.4, 0.5) is 0 Å². The van der Waals surface area contributed by atoms with Gasteiger partial charge in [0.25, 0.3) is 0 Å². The van der Waals surface area contributed by atoms with Crippen LogP contribution < -0.4 is 5.73 Å². The van der Waals surface area contributed by atoms with E-state index in [9.17, 15) is 0 Å². The van der Waals surface area contributed by atoms with Crippen molar-refractivity contribution in [1.82, 2.24) is 10.1 Å². The molecule has 17 heavy (non-hydrogen) atoms. The summed E-state index contributed by atoms with van der Waals surface area (Å²) in [6, 6.07) is 3.62. The van der Waals surface area contributed by atoms with Crippen LogP contribution in [-0.4, -0.2) is 16.7 Å². The van der Waals surface area contributed by atoms with Crippen molar-refractivity contribution in [3.05, 3.63) is 24.3 Å². The summed E-state index contributed by atoms with van der Waals surface area (Å²) >= 11 is 0. The zero-order chi connectivity index (χ0) is 11.7. The van der Waals surface area contributed by atoms with Gasteiger partial charge in [-0.25, -0.2) is 0 Å². The predicted molar refractivity (Wildman–Crippen MR) is 61.2 cm³/mol. The van der Waals surface area contributed by atoms with Crippen LogP contribution in [-0.2, 0) is 5.41 Å². The summed E-state index contributed by atoms with van der Waals surface area (Å²) in [5.74, 6) is 1.79. The number of hydrogen-bond donors (Lipinski definition) is 1. The van der Waals surface area contributed by atoms with Crippen LogP contribution in [0.25, 0.3) is 11.6 Å². The lowest BCUT2D eigenvalue weighted by Gasteiger charge is -2.21. The first kappa shape index (κ1) is 10.5. The van der Waals surface area contributed by atoms with Gasteiger partial charge in [0.1, 0.15) is 0 Å². The Bertz CT molecular complexity index is 484. The average Bonchev–Trinajstić information content (AvgIpc) is 3.10. The summed E-state index contributed by atoms with van der Waals surface area (Å²) in [6.45, 7) is 0.562. The Hall–Kier alpha value is -1.62. The Morgan fingerprint density at radius 2 is 2.18 bits per heavy atom. The number of nitrogens with zero attached hydrogens (tertiary/aromatic N) is 2. The third-order valence-corrected chi connectivity index (χ3v) is 3.57. The van der Waals surface area contributed by atoms with E-state index < -0.39 is 0 Å². The minimum Gasteiger partial charge on any atom is -0.461 e. The first-order valence-electron chi connectivity index (χ1n) is 5.92. The monoisotopic (exact) mass is 233 g/mol. The minimum atomic E-state index is -0.113. The lowest BCUT2D eigenvalue weighted by molar-refractivity contribution is 0.284. The van der Waals surface area contributed by atoms with Crippen LogP contribution in [0.1, 0.15) is 31.6 Å². The number of aromatic nitrogens is 2. The van der Waals surface area contributed by atoms with E-state index in [0.717, 1.165) is 12.8 Å². The fraction of sp³-hybridized carbons (Fsp3) is 0.500. The van der Waals surface area contributed by atoms with Gasteiger partial charge in [0.2, 0.25) is 11.7 Å². The molecule has 0 bridgehead atoms. The highest BCUT2D eigenvalue weighted by Crippen LogP contribution is 2.39. The number of furan rings is 1. The van der Waals surface area contributed by atoms with Crippen LogP contribution in [0, 0.1) is 0 Å². The zero-order valence-corrected chi connectivity index (χ0v) is 9.56. The molecule has 0 aromatic carbocycles. The van der Waals surface area contributed by atoms with Gasteiger partial charge in [-0.05, 0) is 25.0 Å². The highest BCUT2D eigenvalue weighted by molar-refractivity contribution is 5.45. The van der Waals surface area contributed by atoms with Gasteiger partial charge in [0, 0.05) is 6.54 Å². The van der Waals surface area contributed by atoms with Crippen LogP contribution >= 0.6 is 0 Å². The van der Waals surface area contributed by atoms with Gasteiger partial charge in [0.15, 0.2) is 5.76 Å². The molecule has 2 aromatic heterocycles. The Morgan fingerprint density at radius 3 is 2.82 bits per heavy atom. The quantitative estimate of drug-likeness (QED) is 0.878.